The van der Waals surface area contributed by atoms with Gasteiger partial charge in [-0.3, -0.25) is 4.79 Å². The van der Waals surface area contributed by atoms with Gasteiger partial charge in [0.1, 0.15) is 0 Å². The molecule has 0 rings (SSSR count). The van der Waals surface area contributed by atoms with E-state index in [2.05, 4.69) is 43.2 Å². The predicted molar refractivity (Wildman–Crippen MR) is 82.4 cm³/mol. The minimum absolute atomic E-state index is 0.102. The van der Waals surface area contributed by atoms with Crippen molar-refractivity contribution >= 4 is 5.91 Å². The lowest BCUT2D eigenvalue weighted by molar-refractivity contribution is -0.121. The van der Waals surface area contributed by atoms with E-state index in [4.69, 9.17) is 0 Å². The molecule has 2 unspecified atom stereocenters. The predicted octanol–water partition coefficient (Wildman–Crippen LogP) is 2.00. The zero-order valence-electron chi connectivity index (χ0n) is 13.5. The fourth-order valence-corrected chi connectivity index (χ4v) is 1.96. The van der Waals surface area contributed by atoms with E-state index >= 15 is 0 Å². The maximum absolute atomic E-state index is 11.6. The molecular weight excluding hydrogens is 238 g/mol. The van der Waals surface area contributed by atoms with E-state index in [1.807, 2.05) is 6.92 Å². The van der Waals surface area contributed by atoms with Gasteiger partial charge in [0.15, 0.2) is 0 Å². The van der Waals surface area contributed by atoms with Crippen LogP contribution in [0.2, 0.25) is 0 Å². The van der Waals surface area contributed by atoms with Crippen molar-refractivity contribution in [1.29, 1.82) is 0 Å². The first kappa shape index (κ1) is 18.4. The van der Waals surface area contributed by atoms with Crippen LogP contribution in [0.4, 0.5) is 0 Å². The summed E-state index contributed by atoms with van der Waals surface area (Å²) in [6, 6.07) is 0.672. The molecule has 0 spiro atoms. The number of amides is 1. The monoisotopic (exact) mass is 271 g/mol. The fourth-order valence-electron chi connectivity index (χ4n) is 1.96. The standard InChI is InChI=1S/C15H33N3O/c1-6-13(4)17-15(19)12-16-14(5)10-9-11-18(7-2)8-3/h13-14,16H,6-12H2,1-5H3,(H,17,19). The molecule has 19 heavy (non-hydrogen) atoms. The molecule has 2 atom stereocenters. The SMILES string of the molecule is CCC(C)NC(=O)CNC(C)CCCN(CC)CC. The Hall–Kier alpha value is -0.610. The Kier molecular flexibility index (Phi) is 10.9. The largest absolute Gasteiger partial charge is 0.353 e. The minimum Gasteiger partial charge on any atom is -0.353 e. The van der Waals surface area contributed by atoms with Gasteiger partial charge in [0.05, 0.1) is 6.54 Å². The van der Waals surface area contributed by atoms with E-state index in [0.29, 0.717) is 12.6 Å². The van der Waals surface area contributed by atoms with Crippen LogP contribution in [0.15, 0.2) is 0 Å². The molecule has 0 fully saturated rings. The second-order valence-corrected chi connectivity index (χ2v) is 5.33. The maximum atomic E-state index is 11.6. The van der Waals surface area contributed by atoms with Crippen molar-refractivity contribution in [2.45, 2.75) is 66.0 Å². The molecule has 4 heteroatoms. The number of carbonyl (C=O) groups is 1. The maximum Gasteiger partial charge on any atom is 0.234 e. The minimum atomic E-state index is 0.102. The van der Waals surface area contributed by atoms with Gasteiger partial charge in [0.25, 0.3) is 0 Å². The van der Waals surface area contributed by atoms with Crippen LogP contribution in [-0.2, 0) is 4.79 Å². The molecule has 0 heterocycles. The number of carbonyl (C=O) groups excluding carboxylic acids is 1. The molecule has 0 radical (unpaired) electrons. The molecule has 0 saturated heterocycles. The topological polar surface area (TPSA) is 44.4 Å². The first-order chi connectivity index (χ1) is 9.03. The Labute approximate surface area is 119 Å². The summed E-state index contributed by atoms with van der Waals surface area (Å²) in [5.41, 5.74) is 0. The van der Waals surface area contributed by atoms with Gasteiger partial charge in [-0.1, -0.05) is 20.8 Å². The highest BCUT2D eigenvalue weighted by atomic mass is 16.1. The van der Waals surface area contributed by atoms with Crippen LogP contribution in [0.3, 0.4) is 0 Å². The summed E-state index contributed by atoms with van der Waals surface area (Å²) in [6.07, 6.45) is 3.28. The van der Waals surface area contributed by atoms with Gasteiger partial charge in [-0.05, 0) is 52.7 Å². The van der Waals surface area contributed by atoms with Crippen LogP contribution in [0, 0.1) is 0 Å². The lowest BCUT2D eigenvalue weighted by atomic mass is 10.1. The van der Waals surface area contributed by atoms with Crippen LogP contribution in [0.25, 0.3) is 0 Å². The molecule has 0 saturated carbocycles. The summed E-state index contributed by atoms with van der Waals surface area (Å²) in [4.78, 5) is 14.0. The average Bonchev–Trinajstić information content (AvgIpc) is 2.41. The molecule has 0 aromatic rings. The third-order valence-electron chi connectivity index (χ3n) is 3.64. The molecule has 2 N–H and O–H groups in total. The van der Waals surface area contributed by atoms with Crippen molar-refractivity contribution in [3.05, 3.63) is 0 Å². The molecule has 4 nitrogen and oxygen atoms in total. The van der Waals surface area contributed by atoms with E-state index in [-0.39, 0.29) is 11.9 Å². The quantitative estimate of drug-likeness (QED) is 0.604. The van der Waals surface area contributed by atoms with Crippen molar-refractivity contribution in [2.75, 3.05) is 26.2 Å². The summed E-state index contributed by atoms with van der Waals surface area (Å²) < 4.78 is 0. The van der Waals surface area contributed by atoms with Gasteiger partial charge in [-0.2, -0.15) is 0 Å². The Balaban J connectivity index is 3.63. The van der Waals surface area contributed by atoms with E-state index in [9.17, 15) is 4.79 Å². The molecular formula is C15H33N3O. The van der Waals surface area contributed by atoms with Gasteiger partial charge >= 0.3 is 0 Å². The smallest absolute Gasteiger partial charge is 0.234 e. The van der Waals surface area contributed by atoms with E-state index < -0.39 is 0 Å². The molecule has 0 aliphatic rings. The van der Waals surface area contributed by atoms with E-state index in [1.165, 1.54) is 6.42 Å². The summed E-state index contributed by atoms with van der Waals surface area (Å²) in [6.45, 7) is 14.5. The first-order valence-corrected chi connectivity index (χ1v) is 7.78. The normalized spacial score (nSPS) is 14.4. The zero-order chi connectivity index (χ0) is 14.7. The van der Waals surface area contributed by atoms with Crippen molar-refractivity contribution in [3.63, 3.8) is 0 Å². The highest BCUT2D eigenvalue weighted by Crippen LogP contribution is 1.99. The second kappa shape index (κ2) is 11.2. The van der Waals surface area contributed by atoms with Crippen molar-refractivity contribution in [1.82, 2.24) is 15.5 Å². The highest BCUT2D eigenvalue weighted by molar-refractivity contribution is 5.78. The lowest BCUT2D eigenvalue weighted by Crippen LogP contribution is -2.41. The van der Waals surface area contributed by atoms with Crippen LogP contribution in [-0.4, -0.2) is 49.1 Å². The molecule has 0 aliphatic carbocycles. The Morgan fingerprint density at radius 2 is 1.74 bits per heavy atom. The van der Waals surface area contributed by atoms with Crippen LogP contribution in [0.5, 0.6) is 0 Å². The molecule has 114 valence electrons. The van der Waals surface area contributed by atoms with Crippen LogP contribution < -0.4 is 10.6 Å². The summed E-state index contributed by atoms with van der Waals surface area (Å²) in [5.74, 6) is 0.102. The summed E-state index contributed by atoms with van der Waals surface area (Å²) in [5, 5.41) is 6.26. The molecule has 0 bridgehead atoms. The number of nitrogens with zero attached hydrogens (tertiary/aromatic N) is 1. The number of hydrogen-bond acceptors (Lipinski definition) is 3. The second-order valence-electron chi connectivity index (χ2n) is 5.33. The lowest BCUT2D eigenvalue weighted by Gasteiger charge is -2.20. The van der Waals surface area contributed by atoms with Crippen molar-refractivity contribution in [2.24, 2.45) is 0 Å². The summed E-state index contributed by atoms with van der Waals surface area (Å²) in [7, 11) is 0. The Morgan fingerprint density at radius 3 is 2.26 bits per heavy atom. The third kappa shape index (κ3) is 9.91. The first-order valence-electron chi connectivity index (χ1n) is 7.78. The molecule has 0 aliphatic heterocycles. The Bertz CT molecular complexity index is 229. The van der Waals surface area contributed by atoms with Gasteiger partial charge in [0, 0.05) is 12.1 Å². The highest BCUT2D eigenvalue weighted by Gasteiger charge is 2.08. The average molecular weight is 271 g/mol. The van der Waals surface area contributed by atoms with Crippen LogP contribution >= 0.6 is 0 Å². The number of rotatable bonds is 11. The van der Waals surface area contributed by atoms with E-state index in [1.54, 1.807) is 0 Å². The third-order valence-corrected chi connectivity index (χ3v) is 3.64. The van der Waals surface area contributed by atoms with Gasteiger partial charge in [-0.25, -0.2) is 0 Å². The number of hydrogen-bond donors (Lipinski definition) is 2. The summed E-state index contributed by atoms with van der Waals surface area (Å²) >= 11 is 0. The number of nitrogens with one attached hydrogen (secondary N) is 2. The van der Waals surface area contributed by atoms with Crippen molar-refractivity contribution < 1.29 is 4.79 Å². The van der Waals surface area contributed by atoms with Crippen molar-refractivity contribution in [3.8, 4) is 0 Å². The molecule has 0 aromatic carbocycles. The van der Waals surface area contributed by atoms with Gasteiger partial charge in [0.2, 0.25) is 5.91 Å². The molecule has 1 amide bonds. The Morgan fingerprint density at radius 1 is 1.11 bits per heavy atom. The fraction of sp³-hybridized carbons (Fsp3) is 0.933. The zero-order valence-corrected chi connectivity index (χ0v) is 13.5. The van der Waals surface area contributed by atoms with E-state index in [0.717, 1.165) is 32.5 Å². The van der Waals surface area contributed by atoms with Gasteiger partial charge in [-0.15, -0.1) is 0 Å². The molecule has 0 aromatic heterocycles. The van der Waals surface area contributed by atoms with Gasteiger partial charge < -0.3 is 15.5 Å². The van der Waals surface area contributed by atoms with Crippen LogP contribution in [0.1, 0.15) is 53.9 Å².